The van der Waals surface area contributed by atoms with E-state index in [2.05, 4.69) is 15.0 Å². The summed E-state index contributed by atoms with van der Waals surface area (Å²) in [5.74, 6) is -0.888. The number of Topliss-reactive ketones (excluding diaryl/α,β-unsaturated/α-hetero) is 1. The first kappa shape index (κ1) is 25.2. The molecule has 0 aliphatic carbocycles. The third-order valence-corrected chi connectivity index (χ3v) is 4.98. The Balaban J connectivity index is 1.99. The number of fused-ring (bicyclic) bond motifs is 1. The zero-order chi connectivity index (χ0) is 23.7. The number of ether oxygens (including phenoxy) is 2. The largest absolute Gasteiger partial charge is 0.465 e. The number of aromatic nitrogens is 4. The van der Waals surface area contributed by atoms with Crippen molar-refractivity contribution in [3.63, 3.8) is 0 Å². The van der Waals surface area contributed by atoms with Gasteiger partial charge in [-0.25, -0.2) is 9.97 Å². The number of carbonyl (C=O) groups excluding carboxylic acids is 3. The molecule has 0 aliphatic heterocycles. The highest BCUT2D eigenvalue weighted by Crippen LogP contribution is 2.16. The molecule has 2 rings (SSSR count). The van der Waals surface area contributed by atoms with E-state index in [9.17, 15) is 14.4 Å². The Labute approximate surface area is 186 Å². The smallest absolute Gasteiger partial charge is 0.323 e. The van der Waals surface area contributed by atoms with Crippen LogP contribution in [0.2, 0.25) is 0 Å². The maximum Gasteiger partial charge on any atom is 0.323 e. The van der Waals surface area contributed by atoms with E-state index in [1.807, 2.05) is 13.8 Å². The third kappa shape index (κ3) is 7.88. The lowest BCUT2D eigenvalue weighted by Gasteiger charge is -2.19. The van der Waals surface area contributed by atoms with E-state index < -0.39 is 12.0 Å². The fourth-order valence-electron chi connectivity index (χ4n) is 2.97. The predicted molar refractivity (Wildman–Crippen MR) is 117 cm³/mol. The number of esters is 2. The molecule has 2 heterocycles. The predicted octanol–water partition coefficient (Wildman–Crippen LogP) is 1.24. The summed E-state index contributed by atoms with van der Waals surface area (Å²) in [5, 5.41) is 0. The molecule has 0 bridgehead atoms. The van der Waals surface area contributed by atoms with Crippen molar-refractivity contribution in [2.45, 2.75) is 59.0 Å². The molecule has 11 nitrogen and oxygen atoms in total. The van der Waals surface area contributed by atoms with Gasteiger partial charge in [-0.05, 0) is 25.7 Å². The highest BCUT2D eigenvalue weighted by molar-refractivity contribution is 5.76. The van der Waals surface area contributed by atoms with Crippen molar-refractivity contribution in [2.75, 3.05) is 18.9 Å². The molecule has 4 N–H and O–H groups in total. The maximum absolute atomic E-state index is 12.0. The van der Waals surface area contributed by atoms with Gasteiger partial charge in [0.05, 0.1) is 25.7 Å². The minimum atomic E-state index is -0.690. The Morgan fingerprint density at radius 1 is 1.16 bits per heavy atom. The number of anilines is 1. The summed E-state index contributed by atoms with van der Waals surface area (Å²) >= 11 is 0. The molecule has 11 heteroatoms. The average Bonchev–Trinajstić information content (AvgIpc) is 3.12. The van der Waals surface area contributed by atoms with Crippen molar-refractivity contribution in [1.29, 1.82) is 0 Å². The number of carbonyl (C=O) groups is 3. The molecule has 0 unspecified atom stereocenters. The summed E-state index contributed by atoms with van der Waals surface area (Å²) in [4.78, 5) is 47.5. The SMILES string of the molecule is CC(=O)CCCC(=O)OC[C@H](CCOC(=O)[C@@H](N)C(C)C)Cn1cnc2cnc(N)nc21. The molecule has 2 atom stereocenters. The average molecular weight is 449 g/mol. The Hall–Kier alpha value is -3.08. The second-order valence-electron chi connectivity index (χ2n) is 8.16. The lowest BCUT2D eigenvalue weighted by Crippen LogP contribution is -2.37. The van der Waals surface area contributed by atoms with Crippen LogP contribution in [0.4, 0.5) is 5.95 Å². The summed E-state index contributed by atoms with van der Waals surface area (Å²) in [6.45, 7) is 5.85. The van der Waals surface area contributed by atoms with Crippen LogP contribution >= 0.6 is 0 Å². The van der Waals surface area contributed by atoms with Crippen LogP contribution in [0.25, 0.3) is 11.2 Å². The van der Waals surface area contributed by atoms with Gasteiger partial charge >= 0.3 is 11.9 Å². The Kier molecular flexibility index (Phi) is 9.51. The van der Waals surface area contributed by atoms with Crippen molar-refractivity contribution in [3.8, 4) is 0 Å². The number of imidazole rings is 1. The maximum atomic E-state index is 12.0. The van der Waals surface area contributed by atoms with Gasteiger partial charge in [0.2, 0.25) is 5.95 Å². The third-order valence-electron chi connectivity index (χ3n) is 4.98. The molecule has 2 aromatic rings. The van der Waals surface area contributed by atoms with Crippen LogP contribution in [0.3, 0.4) is 0 Å². The van der Waals surface area contributed by atoms with Gasteiger partial charge in [-0.15, -0.1) is 0 Å². The number of nitrogens with two attached hydrogens (primary N) is 2. The molecule has 176 valence electrons. The van der Waals surface area contributed by atoms with Gasteiger partial charge in [-0.3, -0.25) is 9.59 Å². The van der Waals surface area contributed by atoms with Crippen molar-refractivity contribution in [3.05, 3.63) is 12.5 Å². The lowest BCUT2D eigenvalue weighted by atomic mass is 10.1. The Morgan fingerprint density at radius 3 is 2.59 bits per heavy atom. The first-order valence-corrected chi connectivity index (χ1v) is 10.7. The molecular weight excluding hydrogens is 416 g/mol. The van der Waals surface area contributed by atoms with Crippen LogP contribution in [0.15, 0.2) is 12.5 Å². The molecule has 0 amide bonds. The molecule has 0 fully saturated rings. The molecule has 0 spiro atoms. The minimum Gasteiger partial charge on any atom is -0.465 e. The molecule has 0 aromatic carbocycles. The van der Waals surface area contributed by atoms with Crippen LogP contribution in [-0.4, -0.2) is 56.5 Å². The van der Waals surface area contributed by atoms with Gasteiger partial charge in [0, 0.05) is 25.3 Å². The van der Waals surface area contributed by atoms with E-state index in [0.717, 1.165) is 0 Å². The summed E-state index contributed by atoms with van der Waals surface area (Å²) in [6.07, 6.45) is 4.55. The summed E-state index contributed by atoms with van der Waals surface area (Å²) in [7, 11) is 0. The van der Waals surface area contributed by atoms with Crippen molar-refractivity contribution >= 4 is 34.8 Å². The quantitative estimate of drug-likeness (QED) is 0.426. The minimum absolute atomic E-state index is 0.0308. The number of ketones is 1. The number of hydrogen-bond donors (Lipinski definition) is 2. The van der Waals surface area contributed by atoms with Crippen molar-refractivity contribution in [1.82, 2.24) is 19.5 Å². The van der Waals surface area contributed by atoms with Crippen LogP contribution in [0.5, 0.6) is 0 Å². The topological polar surface area (TPSA) is 165 Å². The molecule has 2 aromatic heterocycles. The highest BCUT2D eigenvalue weighted by Gasteiger charge is 2.21. The van der Waals surface area contributed by atoms with Gasteiger partial charge < -0.3 is 30.3 Å². The van der Waals surface area contributed by atoms with Gasteiger partial charge in [0.25, 0.3) is 0 Å². The number of nitrogens with zero attached hydrogens (tertiary/aromatic N) is 4. The zero-order valence-electron chi connectivity index (χ0n) is 18.8. The first-order chi connectivity index (χ1) is 15.2. The van der Waals surface area contributed by atoms with E-state index in [1.54, 1.807) is 10.9 Å². The molecule has 0 radical (unpaired) electrons. The summed E-state index contributed by atoms with van der Waals surface area (Å²) in [6, 6.07) is -0.690. The summed E-state index contributed by atoms with van der Waals surface area (Å²) < 4.78 is 12.5. The van der Waals surface area contributed by atoms with E-state index in [1.165, 1.54) is 13.1 Å². The number of rotatable bonds is 13. The van der Waals surface area contributed by atoms with Crippen LogP contribution in [0, 0.1) is 11.8 Å². The monoisotopic (exact) mass is 448 g/mol. The van der Waals surface area contributed by atoms with E-state index in [-0.39, 0.29) is 49.2 Å². The summed E-state index contributed by atoms with van der Waals surface area (Å²) in [5.41, 5.74) is 12.7. The number of nitrogen functional groups attached to an aromatic ring is 1. The first-order valence-electron chi connectivity index (χ1n) is 10.7. The zero-order valence-corrected chi connectivity index (χ0v) is 18.8. The normalized spacial score (nSPS) is 13.2. The second-order valence-corrected chi connectivity index (χ2v) is 8.16. The van der Waals surface area contributed by atoms with Gasteiger partial charge in [-0.1, -0.05) is 13.8 Å². The van der Waals surface area contributed by atoms with Gasteiger partial charge in [0.15, 0.2) is 5.65 Å². The van der Waals surface area contributed by atoms with Crippen LogP contribution in [0.1, 0.15) is 46.5 Å². The van der Waals surface area contributed by atoms with Gasteiger partial charge in [-0.2, -0.15) is 4.98 Å². The fourth-order valence-corrected chi connectivity index (χ4v) is 2.97. The van der Waals surface area contributed by atoms with Crippen molar-refractivity contribution < 1.29 is 23.9 Å². The molecule has 0 saturated heterocycles. The number of hydrogen-bond acceptors (Lipinski definition) is 10. The fraction of sp³-hybridized carbons (Fsp3) is 0.619. The van der Waals surface area contributed by atoms with Crippen molar-refractivity contribution in [2.24, 2.45) is 17.6 Å². The Morgan fingerprint density at radius 2 is 1.91 bits per heavy atom. The molecule has 32 heavy (non-hydrogen) atoms. The van der Waals surface area contributed by atoms with Gasteiger partial charge in [0.1, 0.15) is 17.3 Å². The molecule has 0 aliphatic rings. The highest BCUT2D eigenvalue weighted by atomic mass is 16.5. The molecule has 0 saturated carbocycles. The Bertz CT molecular complexity index is 929. The van der Waals surface area contributed by atoms with Crippen LogP contribution < -0.4 is 11.5 Å². The second kappa shape index (κ2) is 12.1. The van der Waals surface area contributed by atoms with E-state index >= 15 is 0 Å². The lowest BCUT2D eigenvalue weighted by molar-refractivity contribution is -0.149. The molecular formula is C21H32N6O5. The standard InChI is InChI=1S/C21H32N6O5/c1-13(2)18(22)20(30)31-8-7-15(11-32-17(29)6-4-5-14(3)28)10-27-12-25-16-9-24-21(23)26-19(16)27/h9,12-13,15,18H,4-8,10-11,22H2,1-3H3,(H2,23,24,26)/t15-,18+/m1/s1. The van der Waals surface area contributed by atoms with E-state index in [4.69, 9.17) is 20.9 Å². The van der Waals surface area contributed by atoms with E-state index in [0.29, 0.717) is 37.0 Å². The van der Waals surface area contributed by atoms with Crippen LogP contribution in [-0.2, 0) is 30.4 Å².